The summed E-state index contributed by atoms with van der Waals surface area (Å²) in [5, 5.41) is 0. The summed E-state index contributed by atoms with van der Waals surface area (Å²) in [6.45, 7) is 6.77. The summed E-state index contributed by atoms with van der Waals surface area (Å²) in [6.07, 6.45) is 2.71. The Bertz CT molecular complexity index is 673. The summed E-state index contributed by atoms with van der Waals surface area (Å²) in [5.74, 6) is 1.70. The van der Waals surface area contributed by atoms with E-state index < -0.39 is 0 Å². The van der Waals surface area contributed by atoms with Crippen LogP contribution in [0.3, 0.4) is 0 Å². The molecule has 0 spiro atoms. The van der Waals surface area contributed by atoms with Crippen molar-refractivity contribution in [3.63, 3.8) is 0 Å². The molecule has 0 aliphatic heterocycles. The highest BCUT2D eigenvalue weighted by Gasteiger charge is 2.17. The first kappa shape index (κ1) is 18.5. The lowest BCUT2D eigenvalue weighted by Gasteiger charge is -2.21. The van der Waals surface area contributed by atoms with Crippen molar-refractivity contribution in [2.75, 3.05) is 18.1 Å². The molecule has 0 radical (unpaired) electrons. The van der Waals surface area contributed by atoms with Crippen LogP contribution in [0.25, 0.3) is 0 Å². The van der Waals surface area contributed by atoms with Crippen molar-refractivity contribution in [1.82, 2.24) is 4.98 Å². The van der Waals surface area contributed by atoms with E-state index in [-0.39, 0.29) is 12.5 Å². The number of pyridine rings is 1. The summed E-state index contributed by atoms with van der Waals surface area (Å²) >= 11 is 3.35. The van der Waals surface area contributed by atoms with Crippen LogP contribution in [0.15, 0.2) is 47.1 Å². The maximum Gasteiger partial charge on any atom is 0.266 e. The first-order valence-electron chi connectivity index (χ1n) is 8.20. The lowest BCUT2D eigenvalue weighted by molar-refractivity contribution is -0.120. The van der Waals surface area contributed by atoms with E-state index in [1.807, 2.05) is 37.3 Å². The number of hydrogen-bond acceptors (Lipinski definition) is 3. The van der Waals surface area contributed by atoms with Gasteiger partial charge in [-0.2, -0.15) is 0 Å². The zero-order valence-corrected chi connectivity index (χ0v) is 15.9. The minimum atomic E-state index is -0.105. The highest BCUT2D eigenvalue weighted by molar-refractivity contribution is 9.10. The van der Waals surface area contributed by atoms with Gasteiger partial charge in [-0.15, -0.1) is 0 Å². The Labute approximate surface area is 152 Å². The van der Waals surface area contributed by atoms with Crippen LogP contribution in [-0.2, 0) is 4.79 Å². The molecule has 2 rings (SSSR count). The number of halogens is 1. The zero-order chi connectivity index (χ0) is 17.5. The highest BCUT2D eigenvalue weighted by atomic mass is 79.9. The molecule has 0 saturated carbocycles. The van der Waals surface area contributed by atoms with Crippen LogP contribution in [0.5, 0.6) is 5.75 Å². The van der Waals surface area contributed by atoms with Gasteiger partial charge in [0, 0.05) is 17.2 Å². The number of carbonyl (C=O) groups excluding carboxylic acids is 1. The van der Waals surface area contributed by atoms with Gasteiger partial charge in [-0.3, -0.25) is 9.69 Å². The van der Waals surface area contributed by atoms with Gasteiger partial charge in [0.15, 0.2) is 6.61 Å². The maximum absolute atomic E-state index is 12.5. The molecule has 0 aliphatic rings. The van der Waals surface area contributed by atoms with Gasteiger partial charge < -0.3 is 4.74 Å². The Hall–Kier alpha value is -1.88. The number of carbonyl (C=O) groups is 1. The number of amides is 1. The Kier molecular flexibility index (Phi) is 6.79. The van der Waals surface area contributed by atoms with E-state index in [2.05, 4.69) is 40.8 Å². The molecule has 0 bridgehead atoms. The van der Waals surface area contributed by atoms with Crippen LogP contribution >= 0.6 is 15.9 Å². The summed E-state index contributed by atoms with van der Waals surface area (Å²) in [7, 11) is 0. The Morgan fingerprint density at radius 2 is 2.00 bits per heavy atom. The van der Waals surface area contributed by atoms with Gasteiger partial charge in [-0.05, 0) is 59.0 Å². The first-order valence-corrected chi connectivity index (χ1v) is 8.99. The summed E-state index contributed by atoms with van der Waals surface area (Å²) in [6, 6.07) is 11.6. The smallest absolute Gasteiger partial charge is 0.266 e. The monoisotopic (exact) mass is 390 g/mol. The van der Waals surface area contributed by atoms with E-state index in [1.165, 1.54) is 0 Å². The molecule has 1 aromatic carbocycles. The number of nitrogens with zero attached hydrogens (tertiary/aromatic N) is 2. The van der Waals surface area contributed by atoms with E-state index >= 15 is 0 Å². The molecule has 0 fully saturated rings. The lowest BCUT2D eigenvalue weighted by atomic mass is 9.98. The maximum atomic E-state index is 12.5. The molecule has 128 valence electrons. The molecular weight excluding hydrogens is 368 g/mol. The van der Waals surface area contributed by atoms with Gasteiger partial charge in [0.05, 0.1) is 0 Å². The fraction of sp³-hybridized carbons (Fsp3) is 0.368. The Balaban J connectivity index is 2.08. The number of anilines is 1. The zero-order valence-electron chi connectivity index (χ0n) is 14.3. The molecule has 1 heterocycles. The average molecular weight is 391 g/mol. The van der Waals surface area contributed by atoms with Gasteiger partial charge in [-0.25, -0.2) is 4.98 Å². The van der Waals surface area contributed by atoms with Crippen LogP contribution in [-0.4, -0.2) is 24.0 Å². The van der Waals surface area contributed by atoms with Crippen LogP contribution in [0, 0.1) is 0 Å². The number of para-hydroxylation sites is 1. The van der Waals surface area contributed by atoms with Crippen LogP contribution in [0.4, 0.5) is 5.82 Å². The minimum Gasteiger partial charge on any atom is -0.483 e. The van der Waals surface area contributed by atoms with E-state index in [4.69, 9.17) is 4.74 Å². The molecule has 2 aromatic rings. The Morgan fingerprint density at radius 3 is 2.62 bits per heavy atom. The number of rotatable bonds is 7. The second-order valence-corrected chi connectivity index (χ2v) is 6.52. The largest absolute Gasteiger partial charge is 0.483 e. The van der Waals surface area contributed by atoms with Crippen molar-refractivity contribution < 1.29 is 9.53 Å². The standard InChI is InChI=1S/C19H23BrN2O2/c1-4-14(3)16-8-6-7-9-17(16)24-13-19(23)22(5-2)18-11-10-15(20)12-21-18/h6-12,14H,4-5,13H2,1-3H3. The molecule has 0 aliphatic carbocycles. The minimum absolute atomic E-state index is 0.000961. The van der Waals surface area contributed by atoms with Crippen molar-refractivity contribution >= 4 is 27.7 Å². The lowest BCUT2D eigenvalue weighted by Crippen LogP contribution is -2.35. The summed E-state index contributed by atoms with van der Waals surface area (Å²) in [5.41, 5.74) is 1.14. The van der Waals surface area contributed by atoms with Gasteiger partial charge >= 0.3 is 0 Å². The van der Waals surface area contributed by atoms with Crippen LogP contribution in [0.1, 0.15) is 38.7 Å². The topological polar surface area (TPSA) is 42.4 Å². The second kappa shape index (κ2) is 8.83. The van der Waals surface area contributed by atoms with Gasteiger partial charge in [0.1, 0.15) is 11.6 Å². The Morgan fingerprint density at radius 1 is 1.25 bits per heavy atom. The van der Waals surface area contributed by atoms with E-state index in [1.54, 1.807) is 11.1 Å². The molecule has 5 heteroatoms. The number of likely N-dealkylation sites (N-methyl/N-ethyl adjacent to an activating group) is 1. The van der Waals surface area contributed by atoms with E-state index in [0.29, 0.717) is 18.3 Å². The fourth-order valence-corrected chi connectivity index (χ4v) is 2.68. The molecule has 24 heavy (non-hydrogen) atoms. The number of ether oxygens (including phenoxy) is 1. The van der Waals surface area contributed by atoms with E-state index in [0.717, 1.165) is 22.2 Å². The molecule has 0 N–H and O–H groups in total. The number of benzene rings is 1. The van der Waals surface area contributed by atoms with Crippen molar-refractivity contribution in [3.05, 3.63) is 52.6 Å². The van der Waals surface area contributed by atoms with Crippen molar-refractivity contribution in [2.45, 2.75) is 33.1 Å². The van der Waals surface area contributed by atoms with Gasteiger partial charge in [-0.1, -0.05) is 32.0 Å². The molecule has 1 aromatic heterocycles. The summed E-state index contributed by atoms with van der Waals surface area (Å²) in [4.78, 5) is 18.4. The third-order valence-electron chi connectivity index (χ3n) is 4.02. The third-order valence-corrected chi connectivity index (χ3v) is 4.49. The molecule has 1 unspecified atom stereocenters. The van der Waals surface area contributed by atoms with Crippen molar-refractivity contribution in [1.29, 1.82) is 0 Å². The predicted octanol–water partition coefficient (Wildman–Crippen LogP) is 4.79. The predicted molar refractivity (Wildman–Crippen MR) is 101 cm³/mol. The van der Waals surface area contributed by atoms with Crippen molar-refractivity contribution in [3.8, 4) is 5.75 Å². The third kappa shape index (κ3) is 4.57. The molecule has 1 amide bonds. The highest BCUT2D eigenvalue weighted by Crippen LogP contribution is 2.28. The molecular formula is C19H23BrN2O2. The van der Waals surface area contributed by atoms with E-state index in [9.17, 15) is 4.79 Å². The quantitative estimate of drug-likeness (QED) is 0.682. The van der Waals surface area contributed by atoms with Crippen molar-refractivity contribution in [2.24, 2.45) is 0 Å². The average Bonchev–Trinajstić information content (AvgIpc) is 2.61. The number of hydrogen-bond donors (Lipinski definition) is 0. The first-order chi connectivity index (χ1) is 11.6. The summed E-state index contributed by atoms with van der Waals surface area (Å²) < 4.78 is 6.70. The molecule has 4 nitrogen and oxygen atoms in total. The second-order valence-electron chi connectivity index (χ2n) is 5.61. The van der Waals surface area contributed by atoms with Crippen LogP contribution in [0.2, 0.25) is 0 Å². The fourth-order valence-electron chi connectivity index (χ4n) is 2.45. The normalized spacial score (nSPS) is 11.8. The van der Waals surface area contributed by atoms with Crippen LogP contribution < -0.4 is 9.64 Å². The molecule has 1 atom stereocenters. The molecule has 0 saturated heterocycles. The van der Waals surface area contributed by atoms with Gasteiger partial charge in [0.25, 0.3) is 5.91 Å². The number of aromatic nitrogens is 1. The van der Waals surface area contributed by atoms with Gasteiger partial charge in [0.2, 0.25) is 0 Å². The SMILES string of the molecule is CCC(C)c1ccccc1OCC(=O)N(CC)c1ccc(Br)cn1.